The van der Waals surface area contributed by atoms with Crippen molar-refractivity contribution in [2.75, 3.05) is 5.32 Å². The lowest BCUT2D eigenvalue weighted by Crippen LogP contribution is -2.18. The normalized spacial score (nSPS) is 10.6. The molecule has 3 aromatic rings. The average Bonchev–Trinajstić information content (AvgIpc) is 2.51. The molecule has 0 aliphatic carbocycles. The molecule has 0 aliphatic heterocycles. The molecule has 0 spiro atoms. The van der Waals surface area contributed by atoms with Crippen molar-refractivity contribution in [2.45, 2.75) is 6.92 Å². The van der Waals surface area contributed by atoms with Crippen molar-refractivity contribution in [2.24, 2.45) is 0 Å². The molecule has 0 saturated heterocycles. The van der Waals surface area contributed by atoms with E-state index in [2.05, 4.69) is 26.2 Å². The summed E-state index contributed by atoms with van der Waals surface area (Å²) in [5.74, 6) is -0.343. The monoisotopic (exact) mass is 356 g/mol. The lowest BCUT2D eigenvalue weighted by molar-refractivity contribution is 0.102. The minimum absolute atomic E-state index is 0.240. The van der Waals surface area contributed by atoms with Gasteiger partial charge in [-0.05, 0) is 48.2 Å². The minimum Gasteiger partial charge on any atom is -0.321 e. The van der Waals surface area contributed by atoms with E-state index in [1.807, 2.05) is 31.2 Å². The molecule has 5 heteroatoms. The Morgan fingerprint density at radius 3 is 2.68 bits per heavy atom. The van der Waals surface area contributed by atoms with Gasteiger partial charge in [-0.3, -0.25) is 9.59 Å². The maximum absolute atomic E-state index is 12.3. The Morgan fingerprint density at radius 2 is 1.91 bits per heavy atom. The van der Waals surface area contributed by atoms with Crippen LogP contribution in [0.2, 0.25) is 0 Å². The number of amides is 1. The molecule has 4 nitrogen and oxygen atoms in total. The third-order valence-corrected chi connectivity index (χ3v) is 4.30. The van der Waals surface area contributed by atoms with Gasteiger partial charge in [-0.1, -0.05) is 34.1 Å². The predicted octanol–water partition coefficient (Wildman–Crippen LogP) is 3.85. The zero-order chi connectivity index (χ0) is 15.7. The second kappa shape index (κ2) is 5.77. The van der Waals surface area contributed by atoms with Crippen LogP contribution in [0, 0.1) is 6.92 Å². The van der Waals surface area contributed by atoms with Gasteiger partial charge in [0.25, 0.3) is 11.5 Å². The van der Waals surface area contributed by atoms with E-state index in [1.165, 1.54) is 0 Å². The number of carbonyl (C=O) groups is 1. The first-order valence-electron chi connectivity index (χ1n) is 6.74. The minimum atomic E-state index is -0.343. The molecule has 110 valence electrons. The SMILES string of the molecule is Cc1cc(NC(=O)c2cc3ccccc3c(=O)[nH]2)ccc1Br. The molecule has 0 saturated carbocycles. The quantitative estimate of drug-likeness (QED) is 0.732. The molecule has 2 N–H and O–H groups in total. The van der Waals surface area contributed by atoms with Gasteiger partial charge in [-0.15, -0.1) is 0 Å². The van der Waals surface area contributed by atoms with E-state index in [0.717, 1.165) is 15.4 Å². The van der Waals surface area contributed by atoms with Crippen LogP contribution in [0.25, 0.3) is 10.8 Å². The number of aromatic nitrogens is 1. The summed E-state index contributed by atoms with van der Waals surface area (Å²) in [6.45, 7) is 1.94. The standard InChI is InChI=1S/C17H13BrN2O2/c1-10-8-12(6-7-14(10)18)19-17(22)15-9-11-4-2-3-5-13(11)16(21)20-15/h2-9H,1H3,(H,19,22)(H,20,21). The Bertz CT molecular complexity index is 931. The smallest absolute Gasteiger partial charge is 0.272 e. The van der Waals surface area contributed by atoms with Gasteiger partial charge in [0, 0.05) is 15.5 Å². The van der Waals surface area contributed by atoms with Gasteiger partial charge in [-0.2, -0.15) is 0 Å². The van der Waals surface area contributed by atoms with Crippen molar-refractivity contribution in [1.82, 2.24) is 4.98 Å². The predicted molar refractivity (Wildman–Crippen MR) is 91.4 cm³/mol. The zero-order valence-electron chi connectivity index (χ0n) is 11.8. The molecule has 0 unspecified atom stereocenters. The molecule has 0 atom stereocenters. The van der Waals surface area contributed by atoms with Gasteiger partial charge in [-0.25, -0.2) is 0 Å². The number of nitrogens with one attached hydrogen (secondary N) is 2. The van der Waals surface area contributed by atoms with Crippen LogP contribution in [0.3, 0.4) is 0 Å². The molecule has 0 radical (unpaired) electrons. The van der Waals surface area contributed by atoms with Crippen molar-refractivity contribution >= 4 is 38.3 Å². The van der Waals surface area contributed by atoms with E-state index >= 15 is 0 Å². The van der Waals surface area contributed by atoms with E-state index in [-0.39, 0.29) is 17.2 Å². The first-order chi connectivity index (χ1) is 10.5. The number of hydrogen-bond donors (Lipinski definition) is 2. The van der Waals surface area contributed by atoms with E-state index in [1.54, 1.807) is 24.3 Å². The number of fused-ring (bicyclic) bond motifs is 1. The van der Waals surface area contributed by atoms with Crippen LogP contribution in [-0.4, -0.2) is 10.9 Å². The molecule has 1 amide bonds. The number of aromatic amines is 1. The second-order valence-electron chi connectivity index (χ2n) is 5.02. The van der Waals surface area contributed by atoms with Crippen LogP contribution < -0.4 is 10.9 Å². The van der Waals surface area contributed by atoms with Gasteiger partial charge in [0.1, 0.15) is 5.69 Å². The summed E-state index contributed by atoms with van der Waals surface area (Å²) < 4.78 is 0.976. The Kier molecular flexibility index (Phi) is 3.81. The maximum atomic E-state index is 12.3. The van der Waals surface area contributed by atoms with Crippen LogP contribution in [0.5, 0.6) is 0 Å². The molecular weight excluding hydrogens is 344 g/mol. The van der Waals surface area contributed by atoms with Crippen molar-refractivity contribution in [3.63, 3.8) is 0 Å². The molecule has 2 aromatic carbocycles. The Morgan fingerprint density at radius 1 is 1.14 bits per heavy atom. The first-order valence-corrected chi connectivity index (χ1v) is 7.53. The van der Waals surface area contributed by atoms with Crippen LogP contribution >= 0.6 is 15.9 Å². The van der Waals surface area contributed by atoms with Gasteiger partial charge in [0.2, 0.25) is 0 Å². The van der Waals surface area contributed by atoms with E-state index in [9.17, 15) is 9.59 Å². The lowest BCUT2D eigenvalue weighted by atomic mass is 10.1. The molecule has 0 fully saturated rings. The number of pyridine rings is 1. The van der Waals surface area contributed by atoms with E-state index in [4.69, 9.17) is 0 Å². The fraction of sp³-hybridized carbons (Fsp3) is 0.0588. The summed E-state index contributed by atoms with van der Waals surface area (Å²) in [7, 11) is 0. The van der Waals surface area contributed by atoms with Crippen molar-refractivity contribution in [1.29, 1.82) is 0 Å². The summed E-state index contributed by atoms with van der Waals surface area (Å²) in [6, 6.07) is 14.4. The number of hydrogen-bond acceptors (Lipinski definition) is 2. The number of halogens is 1. The van der Waals surface area contributed by atoms with E-state index < -0.39 is 0 Å². The highest BCUT2D eigenvalue weighted by Crippen LogP contribution is 2.20. The highest BCUT2D eigenvalue weighted by atomic mass is 79.9. The van der Waals surface area contributed by atoms with E-state index in [0.29, 0.717) is 11.1 Å². The van der Waals surface area contributed by atoms with Crippen LogP contribution in [0.4, 0.5) is 5.69 Å². The van der Waals surface area contributed by atoms with Crippen LogP contribution in [0.15, 0.2) is 57.8 Å². The fourth-order valence-electron chi connectivity index (χ4n) is 2.25. The molecule has 0 bridgehead atoms. The average molecular weight is 357 g/mol. The lowest BCUT2D eigenvalue weighted by Gasteiger charge is -2.08. The summed E-state index contributed by atoms with van der Waals surface area (Å²) >= 11 is 3.42. The Hall–Kier alpha value is -2.40. The summed E-state index contributed by atoms with van der Waals surface area (Å²) in [5.41, 5.74) is 1.67. The van der Waals surface area contributed by atoms with Crippen molar-refractivity contribution in [3.05, 3.63) is 74.6 Å². The molecule has 1 heterocycles. The number of rotatable bonds is 2. The molecule has 0 aliphatic rings. The van der Waals surface area contributed by atoms with Gasteiger partial charge >= 0.3 is 0 Å². The topological polar surface area (TPSA) is 62.0 Å². The number of aryl methyl sites for hydroxylation is 1. The van der Waals surface area contributed by atoms with Crippen molar-refractivity contribution < 1.29 is 4.79 Å². The summed E-state index contributed by atoms with van der Waals surface area (Å²) in [4.78, 5) is 26.9. The number of anilines is 1. The summed E-state index contributed by atoms with van der Waals surface area (Å²) in [6.07, 6.45) is 0. The fourth-order valence-corrected chi connectivity index (χ4v) is 2.50. The molecule has 22 heavy (non-hydrogen) atoms. The van der Waals surface area contributed by atoms with Crippen molar-refractivity contribution in [3.8, 4) is 0 Å². The molecular formula is C17H13BrN2O2. The first kappa shape index (κ1) is 14.5. The van der Waals surface area contributed by atoms with Gasteiger partial charge in [0.15, 0.2) is 0 Å². The number of carbonyl (C=O) groups excluding carboxylic acids is 1. The largest absolute Gasteiger partial charge is 0.321 e. The van der Waals surface area contributed by atoms with Crippen LogP contribution in [-0.2, 0) is 0 Å². The van der Waals surface area contributed by atoms with Crippen LogP contribution in [0.1, 0.15) is 16.1 Å². The summed E-state index contributed by atoms with van der Waals surface area (Å²) in [5, 5.41) is 4.10. The third-order valence-electron chi connectivity index (χ3n) is 3.41. The molecule has 3 rings (SSSR count). The maximum Gasteiger partial charge on any atom is 0.272 e. The number of benzene rings is 2. The third kappa shape index (κ3) is 2.80. The highest BCUT2D eigenvalue weighted by Gasteiger charge is 2.10. The number of H-pyrrole nitrogens is 1. The Labute approximate surface area is 135 Å². The van der Waals surface area contributed by atoms with Gasteiger partial charge in [0.05, 0.1) is 0 Å². The Balaban J connectivity index is 1.95. The highest BCUT2D eigenvalue weighted by molar-refractivity contribution is 9.10. The molecule has 1 aromatic heterocycles. The van der Waals surface area contributed by atoms with Gasteiger partial charge < -0.3 is 10.3 Å². The second-order valence-corrected chi connectivity index (χ2v) is 5.87. The zero-order valence-corrected chi connectivity index (χ0v) is 13.4.